The van der Waals surface area contributed by atoms with Crippen molar-refractivity contribution >= 4 is 35.3 Å². The third-order valence-electron chi connectivity index (χ3n) is 7.12. The first kappa shape index (κ1) is 29.5. The number of nitrogens with zero attached hydrogens (tertiary/aromatic N) is 7. The fourth-order valence-electron chi connectivity index (χ4n) is 4.82. The fourth-order valence-corrected chi connectivity index (χ4v) is 4.82. The normalized spacial score (nSPS) is 15.0. The third-order valence-corrected chi connectivity index (χ3v) is 7.12. The largest absolute Gasteiger partial charge is 0.446 e. The molecule has 1 saturated heterocycles. The van der Waals surface area contributed by atoms with Gasteiger partial charge in [-0.05, 0) is 43.7 Å². The summed E-state index contributed by atoms with van der Waals surface area (Å²) in [6, 6.07) is 8.53. The van der Waals surface area contributed by atoms with Gasteiger partial charge in [0.25, 0.3) is 0 Å². The number of aryl methyl sites for hydroxylation is 1. The van der Waals surface area contributed by atoms with Gasteiger partial charge in [0, 0.05) is 57.2 Å². The zero-order valence-corrected chi connectivity index (χ0v) is 24.0. The van der Waals surface area contributed by atoms with E-state index in [1.165, 1.54) is 12.3 Å². The van der Waals surface area contributed by atoms with Gasteiger partial charge in [-0.25, -0.2) is 14.4 Å². The van der Waals surface area contributed by atoms with Crippen LogP contribution in [0, 0.1) is 18.2 Å². The predicted molar refractivity (Wildman–Crippen MR) is 163 cm³/mol. The maximum atomic E-state index is 14.8. The highest BCUT2D eigenvalue weighted by molar-refractivity contribution is 6.00. The Morgan fingerprint density at radius 1 is 1.23 bits per heavy atom. The van der Waals surface area contributed by atoms with Gasteiger partial charge in [0.15, 0.2) is 11.7 Å². The van der Waals surface area contributed by atoms with Crippen LogP contribution in [0.3, 0.4) is 0 Å². The predicted octanol–water partition coefficient (Wildman–Crippen LogP) is 2.88. The van der Waals surface area contributed by atoms with E-state index in [0.717, 1.165) is 24.9 Å². The number of rotatable bonds is 10. The van der Waals surface area contributed by atoms with Crippen LogP contribution in [0.4, 0.5) is 27.7 Å². The van der Waals surface area contributed by atoms with Gasteiger partial charge in [0.2, 0.25) is 11.8 Å². The number of hydrogen-bond acceptors (Lipinski definition) is 12. The summed E-state index contributed by atoms with van der Waals surface area (Å²) in [7, 11) is 0. The van der Waals surface area contributed by atoms with Crippen molar-refractivity contribution in [3.8, 4) is 11.3 Å². The van der Waals surface area contributed by atoms with E-state index in [1.807, 2.05) is 24.0 Å². The number of oxazole rings is 1. The lowest BCUT2D eigenvalue weighted by atomic mass is 10.1. The highest BCUT2D eigenvalue weighted by atomic mass is 19.1. The number of nitrogens with one attached hydrogen (secondary N) is 2. The van der Waals surface area contributed by atoms with Crippen molar-refractivity contribution in [1.82, 2.24) is 24.8 Å². The maximum Gasteiger partial charge on any atom is 0.224 e. The van der Waals surface area contributed by atoms with Crippen LogP contribution in [0.5, 0.6) is 0 Å². The Kier molecular flexibility index (Phi) is 8.87. The molecule has 1 fully saturated rings. The Hall–Kier alpha value is -4.95. The summed E-state index contributed by atoms with van der Waals surface area (Å²) < 4.78 is 20.1. The summed E-state index contributed by atoms with van der Waals surface area (Å²) in [6.07, 6.45) is 3.38. The van der Waals surface area contributed by atoms with Crippen LogP contribution in [0.1, 0.15) is 35.7 Å². The molecule has 1 aliphatic rings. The quantitative estimate of drug-likeness (QED) is 0.135. The average Bonchev–Trinajstić information content (AvgIpc) is 3.49. The molecule has 1 atom stereocenters. The lowest BCUT2D eigenvalue weighted by molar-refractivity contribution is 0.163. The van der Waals surface area contributed by atoms with Crippen molar-refractivity contribution in [1.29, 1.82) is 5.41 Å². The number of aliphatic hydroxyl groups excluding tert-OH is 1. The van der Waals surface area contributed by atoms with Crippen LogP contribution in [0.15, 0.2) is 52.2 Å². The molecule has 3 aromatic heterocycles. The number of halogens is 1. The Bertz CT molecular complexity index is 1630. The fraction of sp³-hybridized carbons (Fsp3) is 0.310. The first-order valence-electron chi connectivity index (χ1n) is 13.8. The summed E-state index contributed by atoms with van der Waals surface area (Å²) in [5.41, 5.74) is 15.7. The zero-order valence-electron chi connectivity index (χ0n) is 24.0. The minimum Gasteiger partial charge on any atom is -0.446 e. The third kappa shape index (κ3) is 6.76. The number of anilines is 3. The van der Waals surface area contributed by atoms with Crippen molar-refractivity contribution in [3.05, 3.63) is 71.3 Å². The molecule has 43 heavy (non-hydrogen) atoms. The summed E-state index contributed by atoms with van der Waals surface area (Å²) in [6.45, 7) is 7.38. The van der Waals surface area contributed by atoms with Gasteiger partial charge >= 0.3 is 0 Å². The number of amidine groups is 1. The SMILES string of the molecule is Cc1cccnc1C(N)=Nc1nc(N)nc(NCCN2CCN(c3cc(-c4coc(C(C)O)n4)ccc3F)CC2)c1C=N. The molecule has 0 spiro atoms. The standard InChI is InChI=1S/C29H34FN11O2/c1-17-4-3-7-34-24(17)25(32)37-27-20(15-31)26(38-29(33)39-27)35-8-9-40-10-12-41(13-11-40)23-14-19(5-6-21(23)30)22-16-43-28(36-22)18(2)42/h3-7,14-16,18,31,42H,8-13H2,1-2H3,(H5,32,33,35,37,38,39). The van der Waals surface area contributed by atoms with Crippen LogP contribution < -0.4 is 21.7 Å². The molecule has 13 nitrogen and oxygen atoms in total. The number of piperazine rings is 1. The number of aliphatic imine (C=N–C) groups is 1. The van der Waals surface area contributed by atoms with Crippen LogP contribution in [-0.4, -0.2) is 81.3 Å². The molecule has 0 bridgehead atoms. The molecule has 224 valence electrons. The number of pyridine rings is 1. The Balaban J connectivity index is 1.20. The number of aromatic nitrogens is 4. The smallest absolute Gasteiger partial charge is 0.224 e. The van der Waals surface area contributed by atoms with E-state index >= 15 is 0 Å². The molecule has 0 radical (unpaired) electrons. The van der Waals surface area contributed by atoms with Gasteiger partial charge in [-0.1, -0.05) is 6.07 Å². The monoisotopic (exact) mass is 587 g/mol. The molecule has 1 aromatic carbocycles. The number of aliphatic hydroxyl groups is 1. The second-order valence-electron chi connectivity index (χ2n) is 10.1. The van der Waals surface area contributed by atoms with E-state index in [1.54, 1.807) is 25.3 Å². The van der Waals surface area contributed by atoms with Crippen molar-refractivity contribution < 1.29 is 13.9 Å². The van der Waals surface area contributed by atoms with Crippen LogP contribution in [-0.2, 0) is 0 Å². The van der Waals surface area contributed by atoms with E-state index in [4.69, 9.17) is 21.3 Å². The van der Waals surface area contributed by atoms with Crippen LogP contribution in [0.25, 0.3) is 11.3 Å². The minimum absolute atomic E-state index is 0.00276. The molecule has 5 rings (SSSR count). The van der Waals surface area contributed by atoms with Gasteiger partial charge in [-0.2, -0.15) is 9.97 Å². The van der Waals surface area contributed by atoms with Crippen molar-refractivity contribution in [2.45, 2.75) is 20.0 Å². The van der Waals surface area contributed by atoms with Gasteiger partial charge < -0.3 is 36.6 Å². The van der Waals surface area contributed by atoms with Crippen LogP contribution in [0.2, 0.25) is 0 Å². The summed E-state index contributed by atoms with van der Waals surface area (Å²) in [5, 5.41) is 20.9. The van der Waals surface area contributed by atoms with E-state index in [-0.39, 0.29) is 29.3 Å². The number of nitrogens with two attached hydrogens (primary N) is 2. The Morgan fingerprint density at radius 2 is 2.02 bits per heavy atom. The van der Waals surface area contributed by atoms with Gasteiger partial charge in [0.1, 0.15) is 35.4 Å². The summed E-state index contributed by atoms with van der Waals surface area (Å²) in [4.78, 5) is 25.7. The second-order valence-corrected chi connectivity index (χ2v) is 10.1. The highest BCUT2D eigenvalue weighted by Gasteiger charge is 2.21. The van der Waals surface area contributed by atoms with Crippen molar-refractivity contribution in [2.24, 2.45) is 10.7 Å². The molecule has 7 N–H and O–H groups in total. The maximum absolute atomic E-state index is 14.8. The molecule has 0 amide bonds. The van der Waals surface area contributed by atoms with E-state index < -0.39 is 6.10 Å². The van der Waals surface area contributed by atoms with Gasteiger partial charge in [-0.15, -0.1) is 0 Å². The molecule has 4 heterocycles. The average molecular weight is 588 g/mol. The lowest BCUT2D eigenvalue weighted by Crippen LogP contribution is -2.48. The number of hydrogen-bond donors (Lipinski definition) is 5. The Morgan fingerprint density at radius 3 is 2.72 bits per heavy atom. The minimum atomic E-state index is -0.824. The summed E-state index contributed by atoms with van der Waals surface area (Å²) in [5.74, 6) is 0.636. The summed E-state index contributed by atoms with van der Waals surface area (Å²) >= 11 is 0. The topological polar surface area (TPSA) is 192 Å². The van der Waals surface area contributed by atoms with Crippen molar-refractivity contribution in [3.63, 3.8) is 0 Å². The van der Waals surface area contributed by atoms with E-state index in [2.05, 4.69) is 35.1 Å². The zero-order chi connectivity index (χ0) is 30.5. The van der Waals surface area contributed by atoms with Crippen molar-refractivity contribution in [2.75, 3.05) is 55.2 Å². The van der Waals surface area contributed by atoms with Gasteiger partial charge in [-0.3, -0.25) is 9.88 Å². The number of benzene rings is 1. The molecule has 1 unspecified atom stereocenters. The molecule has 0 aliphatic carbocycles. The molecule has 1 aliphatic heterocycles. The van der Waals surface area contributed by atoms with E-state index in [9.17, 15) is 9.50 Å². The molecule has 4 aromatic rings. The van der Waals surface area contributed by atoms with E-state index in [0.29, 0.717) is 60.2 Å². The van der Waals surface area contributed by atoms with Crippen LogP contribution >= 0.6 is 0 Å². The molecule has 14 heteroatoms. The first-order chi connectivity index (χ1) is 20.7. The molecule has 0 saturated carbocycles. The highest BCUT2D eigenvalue weighted by Crippen LogP contribution is 2.29. The first-order valence-corrected chi connectivity index (χ1v) is 13.8. The lowest BCUT2D eigenvalue weighted by Gasteiger charge is -2.36. The Labute approximate surface area is 248 Å². The number of nitrogen functional groups attached to an aromatic ring is 1. The second kappa shape index (κ2) is 12.9. The van der Waals surface area contributed by atoms with Gasteiger partial charge in [0.05, 0.1) is 11.3 Å². The molecular weight excluding hydrogens is 553 g/mol. The molecular formula is C29H34FN11O2.